The smallest absolute Gasteiger partial charge is 0.313 e. The van der Waals surface area contributed by atoms with Crippen LogP contribution in [0.1, 0.15) is 16.1 Å². The third kappa shape index (κ3) is 4.26. The number of hydrogen-bond donors (Lipinski definition) is 1. The van der Waals surface area contributed by atoms with Gasteiger partial charge in [-0.1, -0.05) is 48.0 Å². The van der Waals surface area contributed by atoms with E-state index in [4.69, 9.17) is 11.6 Å². The molecule has 0 saturated heterocycles. The number of para-hydroxylation sites is 3. The molecule has 10 heteroatoms. The fourth-order valence-electron chi connectivity index (χ4n) is 3.76. The Labute approximate surface area is 202 Å². The van der Waals surface area contributed by atoms with Gasteiger partial charge in [0.15, 0.2) is 5.69 Å². The molecular weight excluding hydrogens is 479 g/mol. The molecule has 0 fully saturated rings. The third-order valence-electron chi connectivity index (χ3n) is 5.54. The molecule has 2 aromatic heterocycles. The minimum absolute atomic E-state index is 0.188. The highest BCUT2D eigenvalue weighted by molar-refractivity contribution is 6.32. The molecule has 0 radical (unpaired) electrons. The summed E-state index contributed by atoms with van der Waals surface area (Å²) in [5.41, 5.74) is 1.82. The molecule has 3 aromatic carbocycles. The summed E-state index contributed by atoms with van der Waals surface area (Å²) in [7, 11) is 1.79. The van der Waals surface area contributed by atoms with Crippen molar-refractivity contribution in [2.24, 2.45) is 7.05 Å². The minimum atomic E-state index is -4.63. The molecule has 2 heterocycles. The Morgan fingerprint density at radius 1 is 0.971 bits per heavy atom. The lowest BCUT2D eigenvalue weighted by Crippen LogP contribution is -2.15. The minimum Gasteiger partial charge on any atom is -0.313 e. The summed E-state index contributed by atoms with van der Waals surface area (Å²) in [4.78, 5) is 17.2. The number of halogens is 4. The van der Waals surface area contributed by atoms with E-state index in [1.165, 1.54) is 12.1 Å². The molecule has 0 aliphatic carbocycles. The normalized spacial score (nSPS) is 11.7. The Bertz CT molecular complexity index is 1550. The summed E-state index contributed by atoms with van der Waals surface area (Å²) in [6, 6.07) is 21.1. The van der Waals surface area contributed by atoms with Crippen molar-refractivity contribution >= 4 is 34.5 Å². The van der Waals surface area contributed by atoms with Crippen molar-refractivity contribution in [1.82, 2.24) is 19.3 Å². The Hall–Kier alpha value is -4.11. The van der Waals surface area contributed by atoms with Crippen LogP contribution in [0.25, 0.3) is 28.0 Å². The van der Waals surface area contributed by atoms with E-state index in [1.807, 2.05) is 24.3 Å². The molecule has 0 saturated carbocycles. The Kier molecular flexibility index (Phi) is 5.56. The van der Waals surface area contributed by atoms with Gasteiger partial charge >= 0.3 is 6.18 Å². The quantitative estimate of drug-likeness (QED) is 0.316. The number of nitrogens with zero attached hydrogens (tertiary/aromatic N) is 4. The molecule has 0 aliphatic rings. The average molecular weight is 496 g/mol. The van der Waals surface area contributed by atoms with Gasteiger partial charge in [0.25, 0.3) is 5.91 Å². The van der Waals surface area contributed by atoms with E-state index in [1.54, 1.807) is 48.0 Å². The van der Waals surface area contributed by atoms with Gasteiger partial charge in [-0.25, -0.2) is 9.67 Å². The average Bonchev–Trinajstić information content (AvgIpc) is 3.42. The number of aromatic nitrogens is 4. The first-order valence-electron chi connectivity index (χ1n) is 10.5. The number of nitrogens with one attached hydrogen (secondary N) is 1. The molecule has 0 bridgehead atoms. The Morgan fingerprint density at radius 2 is 1.66 bits per heavy atom. The van der Waals surface area contributed by atoms with Crippen LogP contribution in [-0.4, -0.2) is 25.2 Å². The van der Waals surface area contributed by atoms with Crippen LogP contribution >= 0.6 is 11.6 Å². The maximum atomic E-state index is 13.4. The van der Waals surface area contributed by atoms with Crippen LogP contribution in [0, 0.1) is 0 Å². The first-order chi connectivity index (χ1) is 16.7. The van der Waals surface area contributed by atoms with Crippen molar-refractivity contribution in [3.05, 3.63) is 95.1 Å². The molecule has 0 spiro atoms. The van der Waals surface area contributed by atoms with Crippen molar-refractivity contribution in [3.63, 3.8) is 0 Å². The second kappa shape index (κ2) is 8.59. The summed E-state index contributed by atoms with van der Waals surface area (Å²) in [6.45, 7) is 0. The molecule has 1 amide bonds. The van der Waals surface area contributed by atoms with Crippen LogP contribution in [0.2, 0.25) is 5.02 Å². The molecule has 1 N–H and O–H groups in total. The van der Waals surface area contributed by atoms with Gasteiger partial charge in [-0.05, 0) is 42.5 Å². The van der Waals surface area contributed by atoms with E-state index in [0.29, 0.717) is 22.8 Å². The number of imidazole rings is 1. The second-order valence-electron chi connectivity index (χ2n) is 7.79. The number of alkyl halides is 3. The molecule has 35 heavy (non-hydrogen) atoms. The number of carbonyl (C=O) groups is 1. The van der Waals surface area contributed by atoms with E-state index in [9.17, 15) is 18.0 Å². The first kappa shape index (κ1) is 22.7. The fraction of sp³-hybridized carbons (Fsp3) is 0.0800. The predicted octanol–water partition coefficient (Wildman–Crippen LogP) is 6.35. The topological polar surface area (TPSA) is 64.7 Å². The maximum Gasteiger partial charge on any atom is 0.435 e. The number of anilines is 1. The highest BCUT2D eigenvalue weighted by atomic mass is 35.5. The summed E-state index contributed by atoms with van der Waals surface area (Å²) in [5.74, 6) is -0.0163. The number of rotatable bonds is 4. The number of amides is 1. The molecule has 176 valence electrons. The molecule has 0 atom stereocenters. The van der Waals surface area contributed by atoms with Crippen LogP contribution < -0.4 is 5.32 Å². The van der Waals surface area contributed by atoms with Crippen LogP contribution in [-0.2, 0) is 13.2 Å². The third-order valence-corrected chi connectivity index (χ3v) is 5.86. The fourth-order valence-corrected chi connectivity index (χ4v) is 3.97. The Balaban J connectivity index is 1.47. The summed E-state index contributed by atoms with van der Waals surface area (Å²) < 4.78 is 43.2. The van der Waals surface area contributed by atoms with E-state index in [0.717, 1.165) is 21.8 Å². The number of benzene rings is 3. The van der Waals surface area contributed by atoms with Gasteiger partial charge in [0.1, 0.15) is 0 Å². The van der Waals surface area contributed by atoms with Gasteiger partial charge in [-0.15, -0.1) is 0 Å². The highest BCUT2D eigenvalue weighted by Crippen LogP contribution is 2.34. The SMILES string of the molecule is Cn1c(NC(=O)c2ccc(-c3cc(C(F)(F)F)nn3-c3ccccc3Cl)cc2)nc2ccccc21. The number of aryl methyl sites for hydroxylation is 1. The molecular formula is C25H17ClF3N5O. The van der Waals surface area contributed by atoms with Crippen molar-refractivity contribution in [2.75, 3.05) is 5.32 Å². The zero-order chi connectivity index (χ0) is 24.7. The molecule has 0 aliphatic heterocycles. The lowest BCUT2D eigenvalue weighted by Gasteiger charge is -2.10. The zero-order valence-corrected chi connectivity index (χ0v) is 19.0. The number of carbonyl (C=O) groups excluding carboxylic acids is 1. The van der Waals surface area contributed by atoms with Gasteiger partial charge in [0.2, 0.25) is 5.95 Å². The van der Waals surface area contributed by atoms with E-state index in [-0.39, 0.29) is 10.7 Å². The van der Waals surface area contributed by atoms with Gasteiger partial charge in [0.05, 0.1) is 27.4 Å². The van der Waals surface area contributed by atoms with Crippen molar-refractivity contribution < 1.29 is 18.0 Å². The molecule has 5 aromatic rings. The van der Waals surface area contributed by atoms with Crippen molar-refractivity contribution in [1.29, 1.82) is 0 Å². The van der Waals surface area contributed by atoms with Gasteiger partial charge < -0.3 is 4.57 Å². The standard InChI is InChI=1S/C25H17ClF3N5O/c1-33-20-9-5-3-7-18(20)30-24(33)31-23(35)16-12-10-15(11-13-16)21-14-22(25(27,28)29)32-34(21)19-8-4-2-6-17(19)26/h2-14H,1H3,(H,30,31,35). The van der Waals surface area contributed by atoms with E-state index < -0.39 is 17.8 Å². The number of fused-ring (bicyclic) bond motifs is 1. The lowest BCUT2D eigenvalue weighted by atomic mass is 10.1. The monoisotopic (exact) mass is 495 g/mol. The summed E-state index contributed by atoms with van der Waals surface area (Å²) in [6.07, 6.45) is -4.63. The van der Waals surface area contributed by atoms with Crippen LogP contribution in [0.4, 0.5) is 19.1 Å². The predicted molar refractivity (Wildman–Crippen MR) is 128 cm³/mol. The van der Waals surface area contributed by atoms with E-state index >= 15 is 0 Å². The van der Waals surface area contributed by atoms with Crippen molar-refractivity contribution in [3.8, 4) is 16.9 Å². The Morgan fingerprint density at radius 3 is 2.34 bits per heavy atom. The van der Waals surface area contributed by atoms with Crippen LogP contribution in [0.15, 0.2) is 78.9 Å². The molecule has 6 nitrogen and oxygen atoms in total. The first-order valence-corrected chi connectivity index (χ1v) is 10.9. The maximum absolute atomic E-state index is 13.4. The van der Waals surface area contributed by atoms with Gasteiger partial charge in [0, 0.05) is 18.2 Å². The van der Waals surface area contributed by atoms with Gasteiger partial charge in [-0.2, -0.15) is 18.3 Å². The largest absolute Gasteiger partial charge is 0.435 e. The molecule has 5 rings (SSSR count). The lowest BCUT2D eigenvalue weighted by molar-refractivity contribution is -0.141. The van der Waals surface area contributed by atoms with Crippen LogP contribution in [0.5, 0.6) is 0 Å². The number of hydrogen-bond acceptors (Lipinski definition) is 3. The van der Waals surface area contributed by atoms with Crippen molar-refractivity contribution in [2.45, 2.75) is 6.18 Å². The van der Waals surface area contributed by atoms with Gasteiger partial charge in [-0.3, -0.25) is 10.1 Å². The van der Waals surface area contributed by atoms with Crippen LogP contribution in [0.3, 0.4) is 0 Å². The highest BCUT2D eigenvalue weighted by Gasteiger charge is 2.35. The molecule has 0 unspecified atom stereocenters. The summed E-state index contributed by atoms with van der Waals surface area (Å²) >= 11 is 6.22. The summed E-state index contributed by atoms with van der Waals surface area (Å²) in [5, 5.41) is 6.78. The van der Waals surface area contributed by atoms with E-state index in [2.05, 4.69) is 15.4 Å². The second-order valence-corrected chi connectivity index (χ2v) is 8.20. The zero-order valence-electron chi connectivity index (χ0n) is 18.2.